The van der Waals surface area contributed by atoms with Gasteiger partial charge < -0.3 is 14.9 Å². The number of likely N-dealkylation sites (tertiary alicyclic amines) is 1. The molecule has 6 nitrogen and oxygen atoms in total. The van der Waals surface area contributed by atoms with Crippen LogP contribution in [0.2, 0.25) is 0 Å². The normalized spacial score (nSPS) is 22.2. The van der Waals surface area contributed by atoms with Crippen molar-refractivity contribution in [1.82, 2.24) is 4.90 Å². The van der Waals surface area contributed by atoms with Crippen LogP contribution in [0.5, 0.6) is 0 Å². The molecule has 1 unspecified atom stereocenters. The highest BCUT2D eigenvalue weighted by atomic mass is 16.5. The molecule has 0 saturated carbocycles. The molecule has 0 radical (unpaired) electrons. The number of aliphatic hydroxyl groups is 1. The van der Waals surface area contributed by atoms with E-state index < -0.39 is 24.3 Å². The molecule has 0 spiro atoms. The molecular formula is C20H21NO5. The molecule has 1 aliphatic heterocycles. The summed E-state index contributed by atoms with van der Waals surface area (Å²) < 4.78 is 5.28. The van der Waals surface area contributed by atoms with Gasteiger partial charge >= 0.3 is 12.1 Å². The lowest BCUT2D eigenvalue weighted by Crippen LogP contribution is -2.45. The maximum absolute atomic E-state index is 12.4. The van der Waals surface area contributed by atoms with Gasteiger partial charge in [0.15, 0.2) is 0 Å². The molecule has 1 saturated heterocycles. The van der Waals surface area contributed by atoms with Crippen LogP contribution in [0.15, 0.2) is 60.7 Å². The summed E-state index contributed by atoms with van der Waals surface area (Å²) in [6.07, 6.45) is -1.83. The van der Waals surface area contributed by atoms with Crippen LogP contribution in [0.3, 0.4) is 0 Å². The number of carbonyl (C=O) groups is 2. The highest BCUT2D eigenvalue weighted by Gasteiger charge is 2.47. The smallest absolute Gasteiger partial charge is 0.410 e. The Labute approximate surface area is 151 Å². The number of nitrogens with zero attached hydrogens (tertiary/aromatic N) is 1. The fourth-order valence-corrected chi connectivity index (χ4v) is 3.32. The van der Waals surface area contributed by atoms with E-state index in [0.29, 0.717) is 6.42 Å². The largest absolute Gasteiger partial charge is 0.465 e. The number of carbonyl (C=O) groups excluding carboxylic acids is 1. The van der Waals surface area contributed by atoms with E-state index in [4.69, 9.17) is 4.74 Å². The Kier molecular flexibility index (Phi) is 5.53. The van der Waals surface area contributed by atoms with Crippen LogP contribution in [0.4, 0.5) is 4.79 Å². The van der Waals surface area contributed by atoms with Crippen molar-refractivity contribution in [3.8, 4) is 0 Å². The highest BCUT2D eigenvalue weighted by Crippen LogP contribution is 2.32. The summed E-state index contributed by atoms with van der Waals surface area (Å²) in [6.45, 7) is 0.0725. The molecule has 136 valence electrons. The van der Waals surface area contributed by atoms with E-state index in [-0.39, 0.29) is 18.9 Å². The quantitative estimate of drug-likeness (QED) is 0.805. The van der Waals surface area contributed by atoms with Crippen LogP contribution in [0.25, 0.3) is 0 Å². The Bertz CT molecular complexity index is 749. The van der Waals surface area contributed by atoms with Crippen molar-refractivity contribution in [3.63, 3.8) is 0 Å². The minimum Gasteiger partial charge on any atom is -0.465 e. The molecule has 1 fully saturated rings. The Morgan fingerprint density at radius 1 is 1.00 bits per heavy atom. The van der Waals surface area contributed by atoms with E-state index >= 15 is 0 Å². The van der Waals surface area contributed by atoms with Crippen molar-refractivity contribution in [3.05, 3.63) is 71.8 Å². The molecular weight excluding hydrogens is 334 g/mol. The second-order valence-electron chi connectivity index (χ2n) is 6.40. The first-order chi connectivity index (χ1) is 12.6. The predicted molar refractivity (Wildman–Crippen MR) is 94.1 cm³/mol. The van der Waals surface area contributed by atoms with Crippen molar-refractivity contribution >= 4 is 12.1 Å². The van der Waals surface area contributed by atoms with Gasteiger partial charge in [0, 0.05) is 5.92 Å². The summed E-state index contributed by atoms with van der Waals surface area (Å²) in [4.78, 5) is 24.8. The second-order valence-corrected chi connectivity index (χ2v) is 6.40. The average Bonchev–Trinajstić information content (AvgIpc) is 2.98. The van der Waals surface area contributed by atoms with Gasteiger partial charge in [-0.2, -0.15) is 0 Å². The Hall–Kier alpha value is -2.86. The lowest BCUT2D eigenvalue weighted by Gasteiger charge is -2.24. The van der Waals surface area contributed by atoms with Crippen molar-refractivity contribution in [2.24, 2.45) is 5.92 Å². The number of hydrogen-bond donors (Lipinski definition) is 2. The van der Waals surface area contributed by atoms with Crippen LogP contribution < -0.4 is 0 Å². The van der Waals surface area contributed by atoms with Crippen molar-refractivity contribution in [1.29, 1.82) is 0 Å². The number of esters is 1. The van der Waals surface area contributed by atoms with E-state index in [0.717, 1.165) is 16.0 Å². The monoisotopic (exact) mass is 355 g/mol. The molecule has 3 atom stereocenters. The number of benzene rings is 2. The molecule has 6 heteroatoms. The molecule has 26 heavy (non-hydrogen) atoms. The first-order valence-corrected chi connectivity index (χ1v) is 8.50. The number of ether oxygens (including phenoxy) is 1. The third kappa shape index (κ3) is 4.03. The van der Waals surface area contributed by atoms with E-state index in [1.165, 1.54) is 0 Å². The fraction of sp³-hybridized carbons (Fsp3) is 0.300. The van der Waals surface area contributed by atoms with Crippen LogP contribution in [-0.4, -0.2) is 39.4 Å². The Morgan fingerprint density at radius 2 is 1.58 bits per heavy atom. The maximum atomic E-state index is 12.4. The summed E-state index contributed by atoms with van der Waals surface area (Å²) >= 11 is 0. The van der Waals surface area contributed by atoms with E-state index in [1.807, 2.05) is 60.7 Å². The third-order valence-electron chi connectivity index (χ3n) is 4.63. The zero-order valence-electron chi connectivity index (χ0n) is 14.2. The molecule has 1 aliphatic rings. The van der Waals surface area contributed by atoms with Crippen molar-refractivity contribution in [2.45, 2.75) is 31.7 Å². The summed E-state index contributed by atoms with van der Waals surface area (Å²) in [7, 11) is 0. The van der Waals surface area contributed by atoms with Crippen LogP contribution in [0.1, 0.15) is 17.5 Å². The zero-order chi connectivity index (χ0) is 18.5. The lowest BCUT2D eigenvalue weighted by molar-refractivity contribution is -0.151. The number of hydrogen-bond acceptors (Lipinski definition) is 4. The van der Waals surface area contributed by atoms with Crippen LogP contribution >= 0.6 is 0 Å². The molecule has 0 aliphatic carbocycles. The Morgan fingerprint density at radius 3 is 2.15 bits per heavy atom. The van der Waals surface area contributed by atoms with Crippen molar-refractivity contribution < 1.29 is 24.5 Å². The van der Waals surface area contributed by atoms with Crippen molar-refractivity contribution in [2.75, 3.05) is 0 Å². The molecule has 1 amide bonds. The standard InChI is InChI=1S/C20H21NO5/c22-18-16(11-14-7-3-1-4-8-14)12-17(21(18)20(24)25)19(23)26-13-15-9-5-2-6-10-15/h1-10,16-18,22H,11-13H2,(H,24,25)/t16-,17+,18?/m0/s1. The van der Waals surface area contributed by atoms with Crippen LogP contribution in [-0.2, 0) is 22.6 Å². The maximum Gasteiger partial charge on any atom is 0.410 e. The summed E-state index contributed by atoms with van der Waals surface area (Å²) in [5, 5.41) is 19.9. The first kappa shape index (κ1) is 17.9. The van der Waals surface area contributed by atoms with Crippen LogP contribution in [0, 0.1) is 5.92 Å². The van der Waals surface area contributed by atoms with Gasteiger partial charge in [0.25, 0.3) is 0 Å². The molecule has 2 N–H and O–H groups in total. The summed E-state index contributed by atoms with van der Waals surface area (Å²) in [5.41, 5.74) is 1.81. The van der Waals surface area contributed by atoms with Gasteiger partial charge in [0.05, 0.1) is 0 Å². The zero-order valence-corrected chi connectivity index (χ0v) is 14.2. The number of aliphatic hydroxyl groups excluding tert-OH is 1. The molecule has 0 aromatic heterocycles. The molecule has 2 aromatic rings. The number of rotatable bonds is 5. The fourth-order valence-electron chi connectivity index (χ4n) is 3.32. The SMILES string of the molecule is O=C(OCc1ccccc1)[C@H]1C[C@H](Cc2ccccc2)C(O)N1C(=O)O. The van der Waals surface area contributed by atoms with Gasteiger partial charge in [-0.1, -0.05) is 60.7 Å². The summed E-state index contributed by atoms with van der Waals surface area (Å²) in [6, 6.07) is 17.7. The second kappa shape index (κ2) is 8.01. The van der Waals surface area contributed by atoms with Gasteiger partial charge in [-0.25, -0.2) is 9.59 Å². The van der Waals surface area contributed by atoms with E-state index in [2.05, 4.69) is 0 Å². The predicted octanol–water partition coefficient (Wildman–Crippen LogP) is 2.66. The number of amides is 1. The highest BCUT2D eigenvalue weighted by molar-refractivity contribution is 5.81. The van der Waals surface area contributed by atoms with E-state index in [9.17, 15) is 19.8 Å². The topological polar surface area (TPSA) is 87.1 Å². The average molecular weight is 355 g/mol. The van der Waals surface area contributed by atoms with Gasteiger partial charge in [0.1, 0.15) is 18.9 Å². The van der Waals surface area contributed by atoms with Gasteiger partial charge in [-0.15, -0.1) is 0 Å². The number of carboxylic acid groups (broad SMARTS) is 1. The minimum absolute atomic E-state index is 0.0725. The van der Waals surface area contributed by atoms with E-state index in [1.54, 1.807) is 0 Å². The lowest BCUT2D eigenvalue weighted by atomic mass is 9.95. The molecule has 2 aromatic carbocycles. The third-order valence-corrected chi connectivity index (χ3v) is 4.63. The minimum atomic E-state index is -1.32. The van der Waals surface area contributed by atoms with Gasteiger partial charge in [0.2, 0.25) is 0 Å². The molecule has 0 bridgehead atoms. The van der Waals surface area contributed by atoms with Gasteiger partial charge in [-0.05, 0) is 24.0 Å². The Balaban J connectivity index is 1.68. The molecule has 1 heterocycles. The molecule has 3 rings (SSSR count). The first-order valence-electron chi connectivity index (χ1n) is 8.50. The summed E-state index contributed by atoms with van der Waals surface area (Å²) in [5.74, 6) is -0.992. The van der Waals surface area contributed by atoms with Gasteiger partial charge in [-0.3, -0.25) is 4.90 Å².